The SMILES string of the molecule is Cc1ccc(N(CC(=O)N(Cc2ccccc2C)C(C)C(=O)NC(C)C)S(=O)(=O)c2ccccc2)cc1C. The van der Waals surface area contributed by atoms with Crippen LogP contribution in [0.3, 0.4) is 0 Å². The third kappa shape index (κ3) is 6.81. The summed E-state index contributed by atoms with van der Waals surface area (Å²) in [5.41, 5.74) is 4.17. The fraction of sp³-hybridized carbons (Fsp3) is 0.333. The van der Waals surface area contributed by atoms with Gasteiger partial charge in [0, 0.05) is 12.6 Å². The number of amides is 2. The third-order valence-corrected chi connectivity index (χ3v) is 8.38. The summed E-state index contributed by atoms with van der Waals surface area (Å²) in [5, 5.41) is 2.87. The molecule has 0 radical (unpaired) electrons. The Morgan fingerprint density at radius 3 is 2.05 bits per heavy atom. The monoisotopic (exact) mass is 535 g/mol. The number of carbonyl (C=O) groups is 2. The lowest BCUT2D eigenvalue weighted by Crippen LogP contribution is -2.52. The van der Waals surface area contributed by atoms with Crippen LogP contribution in [-0.2, 0) is 26.2 Å². The number of anilines is 1. The van der Waals surface area contributed by atoms with Crippen LogP contribution in [-0.4, -0.2) is 43.8 Å². The van der Waals surface area contributed by atoms with E-state index in [9.17, 15) is 18.0 Å². The predicted molar refractivity (Wildman–Crippen MR) is 151 cm³/mol. The molecule has 1 atom stereocenters. The molecule has 0 bridgehead atoms. The number of benzene rings is 3. The summed E-state index contributed by atoms with van der Waals surface area (Å²) in [6.07, 6.45) is 0. The predicted octanol–water partition coefficient (Wildman–Crippen LogP) is 4.75. The number of sulfonamides is 1. The molecule has 0 spiro atoms. The first-order valence-corrected chi connectivity index (χ1v) is 14.1. The zero-order valence-electron chi connectivity index (χ0n) is 22.9. The van der Waals surface area contributed by atoms with Gasteiger partial charge in [0.1, 0.15) is 12.6 Å². The Labute approximate surface area is 226 Å². The molecule has 0 aromatic heterocycles. The largest absolute Gasteiger partial charge is 0.352 e. The summed E-state index contributed by atoms with van der Waals surface area (Å²) in [6, 6.07) is 20.1. The van der Waals surface area contributed by atoms with Gasteiger partial charge < -0.3 is 10.2 Å². The van der Waals surface area contributed by atoms with Crippen molar-refractivity contribution in [3.05, 3.63) is 95.1 Å². The van der Waals surface area contributed by atoms with Crippen LogP contribution in [0, 0.1) is 20.8 Å². The Balaban J connectivity index is 2.06. The van der Waals surface area contributed by atoms with Gasteiger partial charge in [0.15, 0.2) is 0 Å². The zero-order chi connectivity index (χ0) is 28.0. The fourth-order valence-electron chi connectivity index (χ4n) is 4.09. The minimum absolute atomic E-state index is 0.0853. The van der Waals surface area contributed by atoms with E-state index in [-0.39, 0.29) is 23.4 Å². The molecule has 0 aliphatic heterocycles. The standard InChI is InChI=1S/C30H37N3O4S/c1-21(2)31-30(35)25(6)32(19-26-13-11-10-12-23(26)4)29(34)20-33(27-17-16-22(3)24(5)18-27)38(36,37)28-14-8-7-9-15-28/h7-18,21,25H,19-20H2,1-6H3,(H,31,35). The van der Waals surface area contributed by atoms with Gasteiger partial charge >= 0.3 is 0 Å². The molecule has 3 aromatic carbocycles. The van der Waals surface area contributed by atoms with E-state index in [0.717, 1.165) is 26.6 Å². The highest BCUT2D eigenvalue weighted by molar-refractivity contribution is 7.92. The van der Waals surface area contributed by atoms with Crippen molar-refractivity contribution in [1.82, 2.24) is 10.2 Å². The van der Waals surface area contributed by atoms with Crippen LogP contribution in [0.1, 0.15) is 43.0 Å². The average molecular weight is 536 g/mol. The van der Waals surface area contributed by atoms with E-state index >= 15 is 0 Å². The van der Waals surface area contributed by atoms with E-state index in [1.807, 2.05) is 65.0 Å². The quantitative estimate of drug-likeness (QED) is 0.406. The number of nitrogens with one attached hydrogen (secondary N) is 1. The minimum Gasteiger partial charge on any atom is -0.352 e. The summed E-state index contributed by atoms with van der Waals surface area (Å²) in [6.45, 7) is 10.9. The van der Waals surface area contributed by atoms with E-state index in [1.54, 1.807) is 37.3 Å². The summed E-state index contributed by atoms with van der Waals surface area (Å²) < 4.78 is 28.8. The van der Waals surface area contributed by atoms with E-state index < -0.39 is 28.5 Å². The molecule has 0 aliphatic carbocycles. The smallest absolute Gasteiger partial charge is 0.264 e. The van der Waals surface area contributed by atoms with Crippen LogP contribution >= 0.6 is 0 Å². The molecular formula is C30H37N3O4S. The number of aryl methyl sites for hydroxylation is 3. The maximum atomic E-state index is 13.9. The van der Waals surface area contributed by atoms with Crippen LogP contribution in [0.25, 0.3) is 0 Å². The summed E-state index contributed by atoms with van der Waals surface area (Å²) >= 11 is 0. The second-order valence-electron chi connectivity index (χ2n) is 9.88. The average Bonchev–Trinajstić information content (AvgIpc) is 2.88. The molecule has 1 unspecified atom stereocenters. The van der Waals surface area contributed by atoms with Crippen molar-refractivity contribution >= 4 is 27.5 Å². The van der Waals surface area contributed by atoms with Crippen molar-refractivity contribution in [2.75, 3.05) is 10.8 Å². The molecular weight excluding hydrogens is 498 g/mol. The molecule has 3 aromatic rings. The molecule has 8 heteroatoms. The van der Waals surface area contributed by atoms with Gasteiger partial charge in [0.25, 0.3) is 10.0 Å². The summed E-state index contributed by atoms with van der Waals surface area (Å²) in [4.78, 5) is 28.5. The Morgan fingerprint density at radius 1 is 0.816 bits per heavy atom. The number of rotatable bonds is 10. The van der Waals surface area contributed by atoms with Crippen LogP contribution in [0.15, 0.2) is 77.7 Å². The normalized spacial score (nSPS) is 12.2. The number of hydrogen-bond acceptors (Lipinski definition) is 4. The van der Waals surface area contributed by atoms with Gasteiger partial charge in [-0.1, -0.05) is 48.5 Å². The third-order valence-electron chi connectivity index (χ3n) is 6.59. The maximum absolute atomic E-state index is 13.9. The highest BCUT2D eigenvalue weighted by Crippen LogP contribution is 2.26. The van der Waals surface area contributed by atoms with Crippen LogP contribution in [0.5, 0.6) is 0 Å². The molecule has 0 fully saturated rings. The number of hydrogen-bond donors (Lipinski definition) is 1. The molecule has 0 saturated carbocycles. The van der Waals surface area contributed by atoms with Gasteiger partial charge in [0.2, 0.25) is 11.8 Å². The minimum atomic E-state index is -4.07. The molecule has 0 heterocycles. The van der Waals surface area contributed by atoms with Gasteiger partial charge in [-0.15, -0.1) is 0 Å². The number of carbonyl (C=O) groups excluding carboxylic acids is 2. The van der Waals surface area contributed by atoms with Crippen LogP contribution < -0.4 is 9.62 Å². The van der Waals surface area contributed by atoms with Crippen molar-refractivity contribution in [3.63, 3.8) is 0 Å². The first-order chi connectivity index (χ1) is 17.9. The van der Waals surface area contributed by atoms with Crippen LogP contribution in [0.4, 0.5) is 5.69 Å². The Kier molecular flexibility index (Phi) is 9.33. The van der Waals surface area contributed by atoms with Crippen molar-refractivity contribution in [3.8, 4) is 0 Å². The van der Waals surface area contributed by atoms with E-state index in [2.05, 4.69) is 5.32 Å². The number of nitrogens with zero attached hydrogens (tertiary/aromatic N) is 2. The molecule has 3 rings (SSSR count). The molecule has 0 saturated heterocycles. The second kappa shape index (κ2) is 12.3. The molecule has 202 valence electrons. The van der Waals surface area contributed by atoms with E-state index in [1.165, 1.54) is 17.0 Å². The molecule has 1 N–H and O–H groups in total. The van der Waals surface area contributed by atoms with E-state index in [4.69, 9.17) is 0 Å². The second-order valence-corrected chi connectivity index (χ2v) is 11.7. The molecule has 38 heavy (non-hydrogen) atoms. The maximum Gasteiger partial charge on any atom is 0.264 e. The van der Waals surface area contributed by atoms with Gasteiger partial charge in [-0.3, -0.25) is 13.9 Å². The first kappa shape index (κ1) is 28.9. The summed E-state index contributed by atoms with van der Waals surface area (Å²) in [5.74, 6) is -0.775. The van der Waals surface area contributed by atoms with Crippen molar-refractivity contribution < 1.29 is 18.0 Å². The molecule has 2 amide bonds. The van der Waals surface area contributed by atoms with Gasteiger partial charge in [-0.05, 0) is 88.1 Å². The topological polar surface area (TPSA) is 86.8 Å². The fourth-order valence-corrected chi connectivity index (χ4v) is 5.51. The van der Waals surface area contributed by atoms with Crippen molar-refractivity contribution in [2.45, 2.75) is 65.1 Å². The lowest BCUT2D eigenvalue weighted by Gasteiger charge is -2.32. The lowest BCUT2D eigenvalue weighted by atomic mass is 10.1. The Bertz CT molecular complexity index is 1390. The highest BCUT2D eigenvalue weighted by atomic mass is 32.2. The molecule has 7 nitrogen and oxygen atoms in total. The molecule has 0 aliphatic rings. The summed E-state index contributed by atoms with van der Waals surface area (Å²) in [7, 11) is -4.07. The Morgan fingerprint density at radius 2 is 1.45 bits per heavy atom. The van der Waals surface area contributed by atoms with Crippen molar-refractivity contribution in [2.24, 2.45) is 0 Å². The Hall–Kier alpha value is -3.65. The van der Waals surface area contributed by atoms with Crippen LogP contribution in [0.2, 0.25) is 0 Å². The van der Waals surface area contributed by atoms with Crippen molar-refractivity contribution in [1.29, 1.82) is 0 Å². The van der Waals surface area contributed by atoms with Gasteiger partial charge in [0.05, 0.1) is 10.6 Å². The highest BCUT2D eigenvalue weighted by Gasteiger charge is 2.32. The zero-order valence-corrected chi connectivity index (χ0v) is 23.7. The first-order valence-electron chi connectivity index (χ1n) is 12.7. The van der Waals surface area contributed by atoms with Gasteiger partial charge in [-0.25, -0.2) is 8.42 Å². The van der Waals surface area contributed by atoms with E-state index in [0.29, 0.717) is 5.69 Å². The van der Waals surface area contributed by atoms with Gasteiger partial charge in [-0.2, -0.15) is 0 Å². The lowest BCUT2D eigenvalue weighted by molar-refractivity contribution is -0.139.